The van der Waals surface area contributed by atoms with E-state index in [0.717, 1.165) is 70.5 Å². The molecule has 6 bridgehead atoms. The maximum atomic E-state index is 14.7. The van der Waals surface area contributed by atoms with Gasteiger partial charge in [-0.15, -0.1) is 0 Å². The van der Waals surface area contributed by atoms with Gasteiger partial charge >= 0.3 is 5.97 Å². The Kier molecular flexibility index (Phi) is 13.8. The summed E-state index contributed by atoms with van der Waals surface area (Å²) in [4.78, 5) is 77.5. The Bertz CT molecular complexity index is 2510. The summed E-state index contributed by atoms with van der Waals surface area (Å²) in [5, 5.41) is 9.31. The monoisotopic (exact) mass is 899 g/mol. The lowest BCUT2D eigenvalue weighted by Gasteiger charge is -2.37. The summed E-state index contributed by atoms with van der Waals surface area (Å²) < 4.78 is 8.55. The van der Waals surface area contributed by atoms with Crippen molar-refractivity contribution in [3.8, 4) is 22.4 Å². The number of aryl methyl sites for hydroxylation is 1. The van der Waals surface area contributed by atoms with E-state index >= 15 is 0 Å². The van der Waals surface area contributed by atoms with E-state index < -0.39 is 41.3 Å². The summed E-state index contributed by atoms with van der Waals surface area (Å²) >= 11 is 0. The summed E-state index contributed by atoms with van der Waals surface area (Å²) in [6.07, 6.45) is 7.56. The molecule has 4 aromatic rings. The number of rotatable bonds is 9. The van der Waals surface area contributed by atoms with Crippen LogP contribution >= 0.6 is 0 Å². The Morgan fingerprint density at radius 3 is 2.55 bits per heavy atom. The van der Waals surface area contributed by atoms with Crippen molar-refractivity contribution in [2.24, 2.45) is 17.3 Å². The molecule has 0 saturated carbocycles. The number of carbonyl (C=O) groups excluding carboxylic acids is 5. The number of hydrogen-bond acceptors (Lipinski definition) is 9. The summed E-state index contributed by atoms with van der Waals surface area (Å²) in [5.74, 6) is -2.50. The third-order valence-electron chi connectivity index (χ3n) is 14.0. The largest absolute Gasteiger partial charge is 0.464 e. The molecule has 14 heteroatoms. The zero-order valence-electron chi connectivity index (χ0n) is 39.4. The fourth-order valence-corrected chi connectivity index (χ4v) is 10.6. The van der Waals surface area contributed by atoms with Crippen LogP contribution in [-0.2, 0) is 48.1 Å². The van der Waals surface area contributed by atoms with Gasteiger partial charge in [-0.1, -0.05) is 64.6 Å². The molecule has 4 aliphatic rings. The molecule has 0 spiro atoms. The average molecular weight is 899 g/mol. The number of likely N-dealkylation sites (tertiary alicyclic amines) is 1. The topological polar surface area (TPSA) is 158 Å². The van der Waals surface area contributed by atoms with Crippen molar-refractivity contribution >= 4 is 40.5 Å². The van der Waals surface area contributed by atoms with Crippen molar-refractivity contribution in [3.63, 3.8) is 0 Å². The van der Waals surface area contributed by atoms with Gasteiger partial charge in [-0.2, -0.15) is 0 Å². The van der Waals surface area contributed by atoms with Crippen LogP contribution in [-0.4, -0.2) is 112 Å². The van der Waals surface area contributed by atoms with Crippen molar-refractivity contribution in [2.75, 3.05) is 39.8 Å². The molecule has 66 heavy (non-hydrogen) atoms. The highest BCUT2D eigenvalue weighted by molar-refractivity contribution is 5.96. The standard InChI is InChI=1S/C52H66N8O6/c1-8-44(61)58-25-21-36(30-58)49(63)57(7)46(32(3)4)48(62)55-42-27-33-14-10-15-34(26-33)35-19-20-43-38(28-35)39(29-52(5,6)31-66-51(65)41-18-13-24-60(56-41)50(42)64)47(59(43)9-2)37-16-11-23-54-45(37)40-17-12-22-53-40/h8,10-11,14-16,19-20,23,26,28,32,36,40-42,46,53,56H,1,9,12-13,17-18,21-22,24-25,27,29-31H2,2-7H3,(H,55,62)/t36-,40-,41-,42-,46?/m0/s1. The maximum Gasteiger partial charge on any atom is 0.324 e. The third kappa shape index (κ3) is 9.53. The van der Waals surface area contributed by atoms with Gasteiger partial charge in [-0.3, -0.25) is 34.0 Å². The van der Waals surface area contributed by atoms with Crippen LogP contribution < -0.4 is 16.1 Å². The van der Waals surface area contributed by atoms with Crippen LogP contribution in [0.2, 0.25) is 0 Å². The van der Waals surface area contributed by atoms with E-state index in [2.05, 4.69) is 84.4 Å². The molecule has 0 radical (unpaired) electrons. The van der Waals surface area contributed by atoms with Crippen molar-refractivity contribution in [1.29, 1.82) is 0 Å². The van der Waals surface area contributed by atoms with E-state index in [-0.39, 0.29) is 49.3 Å². The van der Waals surface area contributed by atoms with E-state index in [1.165, 1.54) is 21.5 Å². The smallest absolute Gasteiger partial charge is 0.324 e. The first-order chi connectivity index (χ1) is 31.7. The SMILES string of the molecule is C=CC(=O)N1CC[C@H](C(=O)N(C)C(C(=O)N[C@H]2Cc3cccc(c3)-c3ccc4c(c3)c(c(-c3cccnc3[C@@H]3CCCN3)n4CC)CC(C)(C)COC(=O)[C@@H]3CCCN(N3)C2=O)C(C)C)C1. The lowest BCUT2D eigenvalue weighted by molar-refractivity contribution is -0.155. The lowest BCUT2D eigenvalue weighted by atomic mass is 9.84. The molecule has 3 saturated heterocycles. The van der Waals surface area contributed by atoms with Crippen LogP contribution in [0.4, 0.5) is 0 Å². The second-order valence-corrected chi connectivity index (χ2v) is 19.7. The third-order valence-corrected chi connectivity index (χ3v) is 14.0. The van der Waals surface area contributed by atoms with Gasteiger partial charge in [0.2, 0.25) is 17.7 Å². The van der Waals surface area contributed by atoms with Crippen molar-refractivity contribution in [3.05, 3.63) is 90.3 Å². The molecule has 6 heterocycles. The molecule has 5 atom stereocenters. The number of carbonyl (C=O) groups is 5. The van der Waals surface area contributed by atoms with Crippen LogP contribution in [0, 0.1) is 17.3 Å². The summed E-state index contributed by atoms with van der Waals surface area (Å²) in [6.45, 7) is 16.6. The zero-order chi connectivity index (χ0) is 46.9. The van der Waals surface area contributed by atoms with E-state index in [9.17, 15) is 24.0 Å². The van der Waals surface area contributed by atoms with Gasteiger partial charge in [0.05, 0.1) is 30.0 Å². The Hall–Kier alpha value is -5.86. The number of amides is 4. The number of fused-ring (bicyclic) bond motifs is 6. The van der Waals surface area contributed by atoms with Crippen molar-refractivity contribution in [2.45, 2.75) is 110 Å². The zero-order valence-corrected chi connectivity index (χ0v) is 39.4. The van der Waals surface area contributed by atoms with Crippen LogP contribution in [0.15, 0.2) is 73.4 Å². The minimum absolute atomic E-state index is 0.157. The Morgan fingerprint density at radius 1 is 1.02 bits per heavy atom. The maximum absolute atomic E-state index is 14.7. The van der Waals surface area contributed by atoms with Crippen molar-refractivity contribution < 1.29 is 28.7 Å². The predicted octanol–water partition coefficient (Wildman–Crippen LogP) is 5.98. The van der Waals surface area contributed by atoms with Crippen LogP contribution in [0.25, 0.3) is 33.3 Å². The summed E-state index contributed by atoms with van der Waals surface area (Å²) in [5.41, 5.74) is 11.1. The number of ether oxygens (including phenoxy) is 1. The number of aromatic nitrogens is 2. The van der Waals surface area contributed by atoms with E-state index in [4.69, 9.17) is 9.72 Å². The average Bonchev–Trinajstić information content (AvgIpc) is 4.10. The highest BCUT2D eigenvalue weighted by Gasteiger charge is 2.40. The number of likely N-dealkylation sites (N-methyl/N-ethyl adjacent to an activating group) is 1. The lowest BCUT2D eigenvalue weighted by Crippen LogP contribution is -2.62. The number of nitrogens with zero attached hydrogens (tertiary/aromatic N) is 5. The first-order valence-electron chi connectivity index (χ1n) is 23.8. The fourth-order valence-electron chi connectivity index (χ4n) is 10.6. The molecular weight excluding hydrogens is 833 g/mol. The Balaban J connectivity index is 1.18. The first kappa shape index (κ1) is 46.7. The quantitative estimate of drug-likeness (QED) is 0.136. The summed E-state index contributed by atoms with van der Waals surface area (Å²) in [6, 6.07) is 16.4. The van der Waals surface area contributed by atoms with Crippen molar-refractivity contribution in [1.82, 2.24) is 40.4 Å². The molecule has 3 N–H and O–H groups in total. The second kappa shape index (κ2) is 19.5. The molecule has 8 rings (SSSR count). The fraction of sp³-hybridized carbons (Fsp3) is 0.500. The highest BCUT2D eigenvalue weighted by atomic mass is 16.5. The van der Waals surface area contributed by atoms with Gasteiger partial charge in [-0.05, 0) is 111 Å². The Labute approximate surface area is 388 Å². The molecule has 350 valence electrons. The van der Waals surface area contributed by atoms with Crippen LogP contribution in [0.5, 0.6) is 0 Å². The number of hydrazine groups is 1. The molecule has 2 aromatic carbocycles. The predicted molar refractivity (Wildman–Crippen MR) is 254 cm³/mol. The molecule has 0 aliphatic carbocycles. The highest BCUT2D eigenvalue weighted by Crippen LogP contribution is 2.42. The normalized spacial score (nSPS) is 22.8. The number of pyridine rings is 1. The molecule has 3 fully saturated rings. The number of esters is 1. The second-order valence-electron chi connectivity index (χ2n) is 19.7. The molecule has 2 aromatic heterocycles. The number of cyclic esters (lactones) is 1. The van der Waals surface area contributed by atoms with E-state index in [0.29, 0.717) is 38.8 Å². The minimum atomic E-state index is -1.04. The minimum Gasteiger partial charge on any atom is -0.464 e. The van der Waals surface area contributed by atoms with Gasteiger partial charge in [0, 0.05) is 67.7 Å². The number of benzene rings is 2. The number of nitrogens with one attached hydrogen (secondary N) is 3. The Morgan fingerprint density at radius 2 is 1.80 bits per heavy atom. The van der Waals surface area contributed by atoms with Crippen LogP contribution in [0.1, 0.15) is 89.6 Å². The van der Waals surface area contributed by atoms with E-state index in [1.807, 2.05) is 38.2 Å². The molecule has 4 amide bonds. The van der Waals surface area contributed by atoms with E-state index in [1.54, 1.807) is 11.9 Å². The molecular formula is C52H66N8O6. The molecule has 1 unspecified atom stereocenters. The van der Waals surface area contributed by atoms with Gasteiger partial charge in [0.1, 0.15) is 18.1 Å². The van der Waals surface area contributed by atoms with Gasteiger partial charge < -0.3 is 29.7 Å². The molecule has 4 aliphatic heterocycles. The van der Waals surface area contributed by atoms with Gasteiger partial charge in [0.15, 0.2) is 0 Å². The van der Waals surface area contributed by atoms with Gasteiger partial charge in [-0.25, -0.2) is 5.43 Å². The van der Waals surface area contributed by atoms with Gasteiger partial charge in [0.25, 0.3) is 5.91 Å². The van der Waals surface area contributed by atoms with Crippen LogP contribution in [0.3, 0.4) is 0 Å². The summed E-state index contributed by atoms with van der Waals surface area (Å²) in [7, 11) is 1.62. The number of hydrogen-bond donors (Lipinski definition) is 3. The molecule has 14 nitrogen and oxygen atoms in total. The first-order valence-corrected chi connectivity index (χ1v) is 23.8.